The monoisotopic (exact) mass is 739 g/mol. The molecule has 1 fully saturated rings. The highest BCUT2D eigenvalue weighted by Crippen LogP contribution is 2.44. The number of terminal acetylenes is 1. The molecule has 2 bridgehead atoms. The van der Waals surface area contributed by atoms with Gasteiger partial charge >= 0.3 is 0 Å². The van der Waals surface area contributed by atoms with Gasteiger partial charge in [-0.25, -0.2) is 4.98 Å². The first kappa shape index (κ1) is 38.1. The Labute approximate surface area is 325 Å². The van der Waals surface area contributed by atoms with E-state index in [0.29, 0.717) is 39.2 Å². The number of benzene rings is 2. The number of aromatic amines is 1. The number of rotatable bonds is 14. The van der Waals surface area contributed by atoms with Crippen molar-refractivity contribution in [3.05, 3.63) is 95.5 Å². The number of carbonyl (C=O) groups is 2. The largest absolute Gasteiger partial charge is 0.370 e. The molecule has 3 heterocycles. The Hall–Kier alpha value is -5.24. The molecule has 4 atom stereocenters. The molecule has 7 rings (SSSR count). The summed E-state index contributed by atoms with van der Waals surface area (Å²) in [6, 6.07) is 15.0. The third-order valence-corrected chi connectivity index (χ3v) is 11.2. The highest BCUT2D eigenvalue weighted by atomic mass is 16.5. The van der Waals surface area contributed by atoms with Gasteiger partial charge in [0.1, 0.15) is 11.7 Å². The molecular formula is C45H53N7O3. The van der Waals surface area contributed by atoms with Gasteiger partial charge in [-0.05, 0) is 64.6 Å². The Morgan fingerprint density at radius 3 is 2.78 bits per heavy atom. The van der Waals surface area contributed by atoms with Gasteiger partial charge in [-0.15, -0.1) is 12.3 Å². The Morgan fingerprint density at radius 2 is 1.98 bits per heavy atom. The van der Waals surface area contributed by atoms with Gasteiger partial charge in [0.15, 0.2) is 0 Å². The molecule has 1 saturated heterocycles. The third-order valence-electron chi connectivity index (χ3n) is 11.2. The van der Waals surface area contributed by atoms with Crippen LogP contribution in [0, 0.1) is 18.3 Å². The maximum atomic E-state index is 13.8. The second kappa shape index (κ2) is 17.1. The number of hydrogen-bond donors (Lipinski definition) is 3. The average molecular weight is 740 g/mol. The number of amidine groups is 1. The summed E-state index contributed by atoms with van der Waals surface area (Å²) < 4.78 is 5.24. The lowest BCUT2D eigenvalue weighted by Crippen LogP contribution is -2.54. The number of allylic oxidation sites excluding steroid dienone is 4. The first-order valence-corrected chi connectivity index (χ1v) is 19.7. The lowest BCUT2D eigenvalue weighted by molar-refractivity contribution is -0.135. The molecule has 0 radical (unpaired) electrons. The molecule has 10 heteroatoms. The number of hydrogen-bond acceptors (Lipinski definition) is 7. The van der Waals surface area contributed by atoms with Crippen LogP contribution in [0.1, 0.15) is 75.7 Å². The van der Waals surface area contributed by atoms with Crippen molar-refractivity contribution >= 4 is 23.2 Å². The molecule has 4 aliphatic rings. The van der Waals surface area contributed by atoms with Crippen LogP contribution in [0.25, 0.3) is 28.0 Å². The van der Waals surface area contributed by atoms with Crippen molar-refractivity contribution in [2.24, 2.45) is 10.9 Å². The molecule has 2 aliphatic carbocycles. The molecular weight excluding hydrogens is 687 g/mol. The fraction of sp³-hybridized carbons (Fsp3) is 0.422. The maximum absolute atomic E-state index is 13.8. The van der Waals surface area contributed by atoms with Crippen molar-refractivity contribution in [1.29, 1.82) is 0 Å². The van der Waals surface area contributed by atoms with E-state index in [9.17, 15) is 9.59 Å². The standard InChI is InChI=1S/C45H53N7O3/c1-6-8-20-51(42(53)12-7-2)27-41-46-25-38(49-41)32-18-19-35-30-16-17-31(23-33(22-30)34-13-9-10-14-36(34)37(35)24-32)39-26-47-44(50-39)40-15-11-21-52(40)45(54)43(29(3)4)48-28-55-5/h1,9-10,13-14,16-19,22-25,29,33,39-40,43,48H,7-8,11-12,15,20-21,26-28H2,2-5H3,(H,46,49)(H,47,50). The highest BCUT2D eigenvalue weighted by molar-refractivity contribution is 5.95. The smallest absolute Gasteiger partial charge is 0.240 e. The van der Waals surface area contributed by atoms with Gasteiger partial charge in [0.05, 0.1) is 49.8 Å². The zero-order valence-corrected chi connectivity index (χ0v) is 32.5. The minimum absolute atomic E-state index is 0.0225. The molecule has 2 amide bonds. The van der Waals surface area contributed by atoms with Crippen LogP contribution in [0.15, 0.2) is 83.5 Å². The van der Waals surface area contributed by atoms with Crippen LogP contribution in [0.3, 0.4) is 0 Å². The van der Waals surface area contributed by atoms with Gasteiger partial charge in [0, 0.05) is 44.5 Å². The van der Waals surface area contributed by atoms with E-state index in [1.807, 2.05) is 18.0 Å². The summed E-state index contributed by atoms with van der Waals surface area (Å²) in [5.74, 6) is 4.71. The Morgan fingerprint density at radius 1 is 1.13 bits per heavy atom. The quantitative estimate of drug-likeness (QED) is 0.129. The number of amides is 2. The van der Waals surface area contributed by atoms with E-state index in [4.69, 9.17) is 16.2 Å². The molecule has 0 saturated carbocycles. The molecule has 2 aliphatic heterocycles. The topological polar surface area (TPSA) is 115 Å². The summed E-state index contributed by atoms with van der Waals surface area (Å²) in [6.45, 7) is 8.75. The minimum atomic E-state index is -0.305. The van der Waals surface area contributed by atoms with Crippen molar-refractivity contribution in [2.75, 3.05) is 33.5 Å². The maximum Gasteiger partial charge on any atom is 0.240 e. The first-order valence-electron chi connectivity index (χ1n) is 19.7. The number of aromatic nitrogens is 2. The molecule has 10 nitrogen and oxygen atoms in total. The van der Waals surface area contributed by atoms with E-state index >= 15 is 0 Å². The fourth-order valence-electron chi connectivity index (χ4n) is 8.31. The van der Waals surface area contributed by atoms with Crippen LogP contribution in [0.4, 0.5) is 0 Å². The molecule has 2 aromatic carbocycles. The van der Waals surface area contributed by atoms with Gasteiger partial charge < -0.3 is 24.8 Å². The molecule has 286 valence electrons. The predicted octanol–water partition coefficient (Wildman–Crippen LogP) is 6.45. The van der Waals surface area contributed by atoms with Crippen LogP contribution in [-0.4, -0.2) is 89.0 Å². The minimum Gasteiger partial charge on any atom is -0.370 e. The van der Waals surface area contributed by atoms with Gasteiger partial charge in [-0.1, -0.05) is 81.5 Å². The Bertz CT molecular complexity index is 2070. The van der Waals surface area contributed by atoms with E-state index in [-0.39, 0.29) is 41.8 Å². The number of H-pyrrole nitrogens is 1. The van der Waals surface area contributed by atoms with Crippen molar-refractivity contribution in [3.63, 3.8) is 0 Å². The van der Waals surface area contributed by atoms with E-state index in [2.05, 4.69) is 107 Å². The summed E-state index contributed by atoms with van der Waals surface area (Å²) in [7, 11) is 1.64. The number of nitrogens with zero attached hydrogens (tertiary/aromatic N) is 4. The SMILES string of the molecule is C#CCCN(Cc1ncc(-c2ccc3c(c2)-c2ccccc2C2C=C3C=CC(C3CN=C(C4CCCN4C(=O)C(NCOC)C(C)C)N3)=C2)[nH]1)C(=O)CCC. The third kappa shape index (κ3) is 8.10. The van der Waals surface area contributed by atoms with Gasteiger partial charge in [-0.3, -0.25) is 19.9 Å². The number of aliphatic imine (C=N–C) groups is 1. The number of fused-ring (bicyclic) bond motifs is 6. The van der Waals surface area contributed by atoms with Crippen LogP contribution in [0.5, 0.6) is 0 Å². The van der Waals surface area contributed by atoms with Crippen molar-refractivity contribution in [2.45, 2.75) is 83.5 Å². The van der Waals surface area contributed by atoms with Gasteiger partial charge in [-0.2, -0.15) is 0 Å². The second-order valence-corrected chi connectivity index (χ2v) is 15.2. The van der Waals surface area contributed by atoms with Gasteiger partial charge in [0.2, 0.25) is 11.8 Å². The lowest BCUT2D eigenvalue weighted by Gasteiger charge is -2.31. The van der Waals surface area contributed by atoms with Crippen LogP contribution < -0.4 is 10.6 Å². The first-order chi connectivity index (χ1) is 26.8. The zero-order chi connectivity index (χ0) is 38.5. The van der Waals surface area contributed by atoms with Crippen molar-refractivity contribution in [1.82, 2.24) is 30.4 Å². The average Bonchev–Trinajstić information content (AvgIpc) is 3.94. The summed E-state index contributed by atoms with van der Waals surface area (Å²) >= 11 is 0. The molecule has 4 unspecified atom stereocenters. The van der Waals surface area contributed by atoms with E-state index in [1.165, 1.54) is 33.4 Å². The summed E-state index contributed by atoms with van der Waals surface area (Å²) in [6.07, 6.45) is 20.2. The second-order valence-electron chi connectivity index (χ2n) is 15.2. The summed E-state index contributed by atoms with van der Waals surface area (Å²) in [5.41, 5.74) is 9.10. The highest BCUT2D eigenvalue weighted by Gasteiger charge is 2.39. The number of likely N-dealkylation sites (tertiary alicyclic amines) is 1. The van der Waals surface area contributed by atoms with Crippen molar-refractivity contribution in [3.8, 4) is 34.7 Å². The molecule has 0 spiro atoms. The number of methoxy groups -OCH3 is 1. The molecule has 1 aromatic heterocycles. The lowest BCUT2D eigenvalue weighted by atomic mass is 9.88. The molecule has 3 N–H and O–H groups in total. The van der Waals surface area contributed by atoms with E-state index < -0.39 is 0 Å². The fourth-order valence-corrected chi connectivity index (χ4v) is 8.31. The summed E-state index contributed by atoms with van der Waals surface area (Å²) in [4.78, 5) is 43.5. The number of nitrogens with one attached hydrogen (secondary N) is 3. The van der Waals surface area contributed by atoms with Crippen LogP contribution in [-0.2, 0) is 20.9 Å². The van der Waals surface area contributed by atoms with Crippen LogP contribution >= 0.6 is 0 Å². The summed E-state index contributed by atoms with van der Waals surface area (Å²) in [5, 5.41) is 7.03. The molecule has 3 aromatic rings. The van der Waals surface area contributed by atoms with Gasteiger partial charge in [0.25, 0.3) is 0 Å². The number of imidazole rings is 1. The van der Waals surface area contributed by atoms with E-state index in [0.717, 1.165) is 48.7 Å². The number of carbonyl (C=O) groups excluding carboxylic acids is 2. The van der Waals surface area contributed by atoms with E-state index in [1.54, 1.807) is 12.0 Å². The predicted molar refractivity (Wildman–Crippen MR) is 219 cm³/mol. The Kier molecular flexibility index (Phi) is 11.8. The molecule has 55 heavy (non-hydrogen) atoms. The zero-order valence-electron chi connectivity index (χ0n) is 32.5. The number of ether oxygens (including phenoxy) is 1. The van der Waals surface area contributed by atoms with Crippen molar-refractivity contribution < 1.29 is 14.3 Å². The van der Waals surface area contributed by atoms with Crippen LogP contribution in [0.2, 0.25) is 0 Å². The normalized spacial score (nSPS) is 20.3. The Balaban J connectivity index is 1.10.